The lowest BCUT2D eigenvalue weighted by Crippen LogP contribution is -2.31. The molecule has 0 radical (unpaired) electrons. The lowest BCUT2D eigenvalue weighted by atomic mass is 9.88. The van der Waals surface area contributed by atoms with Crippen LogP contribution in [-0.2, 0) is 5.41 Å². The number of hydrogen-bond donors (Lipinski definition) is 0. The first-order chi connectivity index (χ1) is 40.9. The average Bonchev–Trinajstić information content (AvgIpc) is 2.69. The van der Waals surface area contributed by atoms with Gasteiger partial charge in [0.25, 0.3) is 6.33 Å². The molecule has 3 aromatic heterocycles. The molecule has 3 heterocycles. The van der Waals surface area contributed by atoms with Gasteiger partial charge in [-0.05, 0) is 139 Å². The highest BCUT2D eigenvalue weighted by Crippen LogP contribution is 2.39. The Bertz CT molecular complexity index is 4660. The zero-order chi connectivity index (χ0) is 59.2. The smallest absolute Gasteiger partial charge is 0.269 e. The van der Waals surface area contributed by atoms with Crippen molar-refractivity contribution >= 4 is 32.8 Å². The molecule has 358 valence electrons. The van der Waals surface area contributed by atoms with Crippen LogP contribution < -0.4 is 9.30 Å². The van der Waals surface area contributed by atoms with E-state index in [1.165, 1.54) is 0 Å². The normalized spacial score (nSPS) is 13.5. The lowest BCUT2D eigenvalue weighted by Gasteiger charge is -2.20. The van der Waals surface area contributed by atoms with Gasteiger partial charge in [0.2, 0.25) is 0 Å². The van der Waals surface area contributed by atoms with Gasteiger partial charge in [0.15, 0.2) is 0 Å². The fourth-order valence-electron chi connectivity index (χ4n) is 10.1. The zero-order valence-corrected chi connectivity index (χ0v) is 41.2. The van der Waals surface area contributed by atoms with Crippen LogP contribution in [0.15, 0.2) is 261 Å². The molecule has 5 heteroatoms. The molecular formula is C70H52N4O. The molecular weight excluding hydrogens is 913 g/mol. The Labute approximate surface area is 451 Å². The highest BCUT2D eigenvalue weighted by atomic mass is 16.5. The SMILES string of the molecule is [2H]c1c([2H])c([2H])c(-c2cccc(-c3c([2H])c([2H])c([2H])c([2H])c3[2H])c2-[n+]2[c-]n(-c3cccc(Oc4ccc5c6ccccc6n(-c6cc(C(C)(C)C)ccn6)c5c4)c3)c3ccc(-c4cc(-c5ccccc5)cc(-c5ccccc5)c4)cc32)c([2H])c1[2H]. The number of pyridine rings is 1. The van der Waals surface area contributed by atoms with E-state index in [-0.39, 0.29) is 33.4 Å². The van der Waals surface area contributed by atoms with Crippen LogP contribution >= 0.6 is 0 Å². The van der Waals surface area contributed by atoms with Crippen molar-refractivity contribution < 1.29 is 23.0 Å². The molecule has 5 nitrogen and oxygen atoms in total. The molecule has 0 fully saturated rings. The Morgan fingerprint density at radius 2 is 1.07 bits per heavy atom. The van der Waals surface area contributed by atoms with Crippen molar-refractivity contribution in [3.05, 3.63) is 273 Å². The summed E-state index contributed by atoms with van der Waals surface area (Å²) in [6, 6.07) is 58.1. The van der Waals surface area contributed by atoms with Crippen LogP contribution in [0, 0.1) is 6.33 Å². The van der Waals surface area contributed by atoms with Crippen molar-refractivity contribution in [2.45, 2.75) is 26.2 Å². The summed E-state index contributed by atoms with van der Waals surface area (Å²) < 4.78 is 102. The molecule has 0 unspecified atom stereocenters. The van der Waals surface area contributed by atoms with Gasteiger partial charge in [0.05, 0.1) is 47.1 Å². The minimum Gasteiger partial charge on any atom is -0.458 e. The average molecular weight is 975 g/mol. The predicted molar refractivity (Wildman–Crippen MR) is 308 cm³/mol. The van der Waals surface area contributed by atoms with Crippen molar-refractivity contribution in [3.63, 3.8) is 0 Å². The van der Waals surface area contributed by atoms with Crippen molar-refractivity contribution in [2.75, 3.05) is 0 Å². The van der Waals surface area contributed by atoms with Gasteiger partial charge in [0.1, 0.15) is 17.3 Å². The monoisotopic (exact) mass is 974 g/mol. The maximum absolute atomic E-state index is 9.32. The molecule has 0 amide bonds. The third-order valence-corrected chi connectivity index (χ3v) is 13.7. The fraction of sp³-hybridized carbons (Fsp3) is 0.0571. The van der Waals surface area contributed by atoms with Crippen LogP contribution in [0.4, 0.5) is 0 Å². The molecule has 0 saturated carbocycles. The van der Waals surface area contributed by atoms with E-state index in [0.29, 0.717) is 28.2 Å². The number of benzene rings is 10. The van der Waals surface area contributed by atoms with Crippen LogP contribution in [0.3, 0.4) is 0 Å². The Kier molecular flexibility index (Phi) is 8.90. The van der Waals surface area contributed by atoms with Crippen molar-refractivity contribution in [1.29, 1.82) is 0 Å². The molecule has 0 saturated heterocycles. The standard InChI is InChI=1S/C70H52N4O/c1-70(2,3)56-38-39-71-68(44-56)74-64-33-17-16-30-62(64)63-36-35-59(46-66(63)74)75-58-29-18-28-57(45-58)72-47-73(69-60(50-24-12-6-13-25-50)31-19-32-61(69)51-26-14-7-15-27-51)67-43-52(34-37-65(67)72)55-41-53(48-20-8-4-9-21-48)40-54(42-55)49-22-10-5-11-23-49/h4-46H,1-3H3/i6D,7D,12D,13D,14D,15D,24D,25D,26D,27D. The van der Waals surface area contributed by atoms with Crippen LogP contribution in [0.5, 0.6) is 11.5 Å². The molecule has 0 bridgehead atoms. The van der Waals surface area contributed by atoms with Crippen molar-refractivity contribution in [3.8, 4) is 84.3 Å². The van der Waals surface area contributed by atoms with E-state index >= 15 is 0 Å². The van der Waals surface area contributed by atoms with Crippen LogP contribution in [-0.4, -0.2) is 14.1 Å². The maximum Gasteiger partial charge on any atom is 0.269 e. The summed E-state index contributed by atoms with van der Waals surface area (Å²) in [5, 5.41) is 2.11. The van der Waals surface area contributed by atoms with E-state index in [1.807, 2.05) is 114 Å². The molecule has 13 rings (SSSR count). The van der Waals surface area contributed by atoms with E-state index in [2.05, 4.69) is 104 Å². The van der Waals surface area contributed by atoms with E-state index < -0.39 is 60.4 Å². The number of imidazole rings is 1. The van der Waals surface area contributed by atoms with E-state index in [1.54, 1.807) is 22.8 Å². The van der Waals surface area contributed by atoms with Gasteiger partial charge < -0.3 is 4.74 Å². The number of nitrogens with zero attached hydrogens (tertiary/aromatic N) is 4. The first kappa shape index (κ1) is 35.5. The Morgan fingerprint density at radius 3 is 1.73 bits per heavy atom. The summed E-state index contributed by atoms with van der Waals surface area (Å²) >= 11 is 0. The minimum absolute atomic E-state index is 0.110. The van der Waals surface area contributed by atoms with Crippen LogP contribution in [0.2, 0.25) is 0 Å². The molecule has 10 aromatic carbocycles. The summed E-state index contributed by atoms with van der Waals surface area (Å²) in [4.78, 5) is 4.87. The molecule has 0 spiro atoms. The van der Waals surface area contributed by atoms with Gasteiger partial charge in [0, 0.05) is 23.0 Å². The second-order valence-corrected chi connectivity index (χ2v) is 19.5. The van der Waals surface area contributed by atoms with Gasteiger partial charge in [-0.2, -0.15) is 0 Å². The zero-order valence-electron chi connectivity index (χ0n) is 51.2. The molecule has 0 aliphatic carbocycles. The lowest BCUT2D eigenvalue weighted by molar-refractivity contribution is -0.571. The molecule has 0 atom stereocenters. The number of ether oxygens (including phenoxy) is 1. The molecule has 0 N–H and O–H groups in total. The number of para-hydroxylation sites is 2. The third kappa shape index (κ3) is 8.54. The van der Waals surface area contributed by atoms with Crippen molar-refractivity contribution in [2.24, 2.45) is 0 Å². The maximum atomic E-state index is 9.32. The highest BCUT2D eigenvalue weighted by Gasteiger charge is 2.22. The Morgan fingerprint density at radius 1 is 0.467 bits per heavy atom. The van der Waals surface area contributed by atoms with E-state index in [0.717, 1.165) is 66.6 Å². The van der Waals surface area contributed by atoms with Gasteiger partial charge in [-0.1, -0.05) is 196 Å². The Hall–Kier alpha value is -9.58. The summed E-state index contributed by atoms with van der Waals surface area (Å²) in [5.74, 6) is 1.86. The quantitative estimate of drug-likeness (QED) is 0.101. The summed E-state index contributed by atoms with van der Waals surface area (Å²) in [6.07, 6.45) is 5.44. The number of hydrogen-bond acceptors (Lipinski definition) is 2. The number of rotatable bonds is 10. The largest absolute Gasteiger partial charge is 0.458 e. The second-order valence-electron chi connectivity index (χ2n) is 19.5. The number of fused-ring (bicyclic) bond motifs is 4. The predicted octanol–water partition coefficient (Wildman–Crippen LogP) is 17.6. The molecule has 75 heavy (non-hydrogen) atoms. The van der Waals surface area contributed by atoms with Crippen LogP contribution in [0.1, 0.15) is 40.0 Å². The first-order valence-electron chi connectivity index (χ1n) is 29.8. The van der Waals surface area contributed by atoms with E-state index in [4.69, 9.17) is 17.9 Å². The summed E-state index contributed by atoms with van der Waals surface area (Å²) in [5.41, 5.74) is 10.5. The van der Waals surface area contributed by atoms with Crippen LogP contribution in [0.25, 0.3) is 106 Å². The molecule has 0 aliphatic rings. The topological polar surface area (TPSA) is 35.9 Å². The fourth-order valence-corrected chi connectivity index (χ4v) is 10.1. The molecule has 0 aliphatic heterocycles. The summed E-state index contributed by atoms with van der Waals surface area (Å²) in [6.45, 7) is 6.55. The highest BCUT2D eigenvalue weighted by molar-refractivity contribution is 6.09. The van der Waals surface area contributed by atoms with Gasteiger partial charge >= 0.3 is 0 Å². The Balaban J connectivity index is 1.05. The number of aromatic nitrogens is 4. The van der Waals surface area contributed by atoms with Gasteiger partial charge in [-0.3, -0.25) is 13.7 Å². The summed E-state index contributed by atoms with van der Waals surface area (Å²) in [7, 11) is 0. The van der Waals surface area contributed by atoms with E-state index in [9.17, 15) is 5.48 Å². The molecule has 13 aromatic rings. The van der Waals surface area contributed by atoms with Gasteiger partial charge in [-0.25, -0.2) is 4.98 Å². The van der Waals surface area contributed by atoms with Gasteiger partial charge in [-0.15, -0.1) is 0 Å². The second kappa shape index (κ2) is 18.8. The first-order valence-corrected chi connectivity index (χ1v) is 24.8. The third-order valence-electron chi connectivity index (χ3n) is 13.7. The minimum atomic E-state index is -0.581. The van der Waals surface area contributed by atoms with Crippen molar-refractivity contribution in [1.82, 2.24) is 14.1 Å².